The highest BCUT2D eigenvalue weighted by molar-refractivity contribution is 7.18. The van der Waals surface area contributed by atoms with E-state index in [1.54, 1.807) is 23.9 Å². The molecule has 8 nitrogen and oxygen atoms in total. The molecule has 1 unspecified atom stereocenters. The standard InChI is InChI=1S/C21H21N7OS/c1-14-23-17-11-16(4-5-18(17)30-14)24-21(29)15-3-2-9-27(12-15)19-6-7-20(26-25-19)28-10-8-22-13-28/h4-8,10-11,13,15H,2-3,9,12H2,1H3,(H,24,29). The number of fused-ring (bicyclic) bond motifs is 1. The molecule has 0 saturated carbocycles. The number of aryl methyl sites for hydroxylation is 1. The number of rotatable bonds is 4. The van der Waals surface area contributed by atoms with Crippen LogP contribution < -0.4 is 10.2 Å². The van der Waals surface area contributed by atoms with Crippen LogP contribution in [0, 0.1) is 12.8 Å². The molecule has 1 N–H and O–H groups in total. The number of anilines is 2. The zero-order chi connectivity index (χ0) is 20.5. The molecular weight excluding hydrogens is 398 g/mol. The number of imidazole rings is 1. The van der Waals surface area contributed by atoms with Crippen LogP contribution in [0.25, 0.3) is 16.0 Å². The summed E-state index contributed by atoms with van der Waals surface area (Å²) in [5, 5.41) is 12.7. The Bertz CT molecular complexity index is 1170. The summed E-state index contributed by atoms with van der Waals surface area (Å²) in [6.07, 6.45) is 7.02. The van der Waals surface area contributed by atoms with Crippen LogP contribution in [0.1, 0.15) is 17.8 Å². The Kier molecular flexibility index (Phi) is 4.88. The number of thiazole rings is 1. The molecule has 1 aromatic carbocycles. The van der Waals surface area contributed by atoms with Crippen molar-refractivity contribution in [1.29, 1.82) is 0 Å². The summed E-state index contributed by atoms with van der Waals surface area (Å²) in [5.41, 5.74) is 1.72. The maximum absolute atomic E-state index is 12.9. The van der Waals surface area contributed by atoms with Gasteiger partial charge in [0, 0.05) is 31.2 Å². The molecule has 1 aliphatic heterocycles. The van der Waals surface area contributed by atoms with Gasteiger partial charge in [-0.05, 0) is 50.1 Å². The molecule has 3 aromatic heterocycles. The first kappa shape index (κ1) is 18.7. The maximum Gasteiger partial charge on any atom is 0.229 e. The molecule has 0 bridgehead atoms. The van der Waals surface area contributed by atoms with Gasteiger partial charge in [0.25, 0.3) is 0 Å². The Morgan fingerprint density at radius 3 is 2.87 bits per heavy atom. The molecule has 152 valence electrons. The average Bonchev–Trinajstić information content (AvgIpc) is 3.43. The summed E-state index contributed by atoms with van der Waals surface area (Å²) in [6, 6.07) is 9.76. The Morgan fingerprint density at radius 1 is 1.20 bits per heavy atom. The fraction of sp³-hybridized carbons (Fsp3) is 0.286. The van der Waals surface area contributed by atoms with E-state index < -0.39 is 0 Å². The lowest BCUT2D eigenvalue weighted by atomic mass is 9.97. The second kappa shape index (κ2) is 7.83. The lowest BCUT2D eigenvalue weighted by Crippen LogP contribution is -2.41. The normalized spacial score (nSPS) is 16.7. The van der Waals surface area contributed by atoms with Crippen molar-refractivity contribution in [2.45, 2.75) is 19.8 Å². The summed E-state index contributed by atoms with van der Waals surface area (Å²) in [7, 11) is 0. The quantitative estimate of drug-likeness (QED) is 0.545. The van der Waals surface area contributed by atoms with Gasteiger partial charge < -0.3 is 10.2 Å². The minimum Gasteiger partial charge on any atom is -0.354 e. The molecule has 1 aliphatic rings. The highest BCUT2D eigenvalue weighted by Gasteiger charge is 2.27. The molecule has 4 heterocycles. The van der Waals surface area contributed by atoms with Crippen molar-refractivity contribution >= 4 is 39.0 Å². The van der Waals surface area contributed by atoms with Crippen LogP contribution in [-0.4, -0.2) is 43.7 Å². The Balaban J connectivity index is 1.26. The summed E-state index contributed by atoms with van der Waals surface area (Å²) in [5.74, 6) is 1.45. The van der Waals surface area contributed by atoms with E-state index >= 15 is 0 Å². The number of nitrogens with one attached hydrogen (secondary N) is 1. The Hall–Kier alpha value is -3.33. The summed E-state index contributed by atoms with van der Waals surface area (Å²) in [6.45, 7) is 3.49. The van der Waals surface area contributed by atoms with Crippen molar-refractivity contribution < 1.29 is 4.79 Å². The van der Waals surface area contributed by atoms with Crippen LogP contribution in [0.5, 0.6) is 0 Å². The predicted octanol–water partition coefficient (Wildman–Crippen LogP) is 3.44. The van der Waals surface area contributed by atoms with Gasteiger partial charge in [-0.25, -0.2) is 9.97 Å². The van der Waals surface area contributed by atoms with E-state index in [0.717, 1.165) is 51.9 Å². The van der Waals surface area contributed by atoms with Crippen molar-refractivity contribution in [2.24, 2.45) is 5.92 Å². The molecule has 0 aliphatic carbocycles. The fourth-order valence-corrected chi connectivity index (χ4v) is 4.59. The third-order valence-electron chi connectivity index (χ3n) is 5.28. The number of hydrogen-bond donors (Lipinski definition) is 1. The van der Waals surface area contributed by atoms with Crippen LogP contribution in [0.15, 0.2) is 49.1 Å². The molecule has 1 amide bonds. The molecular formula is C21H21N7OS. The van der Waals surface area contributed by atoms with Gasteiger partial charge in [0.15, 0.2) is 11.6 Å². The molecule has 1 atom stereocenters. The highest BCUT2D eigenvalue weighted by atomic mass is 32.1. The summed E-state index contributed by atoms with van der Waals surface area (Å²) < 4.78 is 2.94. The second-order valence-electron chi connectivity index (χ2n) is 7.41. The molecule has 30 heavy (non-hydrogen) atoms. The SMILES string of the molecule is Cc1nc2cc(NC(=O)C3CCCN(c4ccc(-n5ccnc5)nn4)C3)ccc2s1. The molecule has 0 radical (unpaired) electrons. The first-order chi connectivity index (χ1) is 14.7. The predicted molar refractivity (Wildman–Crippen MR) is 117 cm³/mol. The van der Waals surface area contributed by atoms with Crippen molar-refractivity contribution in [1.82, 2.24) is 24.7 Å². The van der Waals surface area contributed by atoms with Crippen molar-refractivity contribution in [3.05, 3.63) is 54.1 Å². The van der Waals surface area contributed by atoms with Crippen LogP contribution in [-0.2, 0) is 4.79 Å². The van der Waals surface area contributed by atoms with Gasteiger partial charge in [-0.3, -0.25) is 9.36 Å². The molecule has 1 fully saturated rings. The number of carbonyl (C=O) groups excluding carboxylic acids is 1. The number of carbonyl (C=O) groups is 1. The Morgan fingerprint density at radius 2 is 2.07 bits per heavy atom. The van der Waals surface area contributed by atoms with Crippen molar-refractivity contribution in [3.8, 4) is 5.82 Å². The highest BCUT2D eigenvalue weighted by Crippen LogP contribution is 2.26. The third-order valence-corrected chi connectivity index (χ3v) is 6.24. The first-order valence-corrected chi connectivity index (χ1v) is 10.7. The van der Waals surface area contributed by atoms with Crippen LogP contribution in [0.4, 0.5) is 11.5 Å². The minimum atomic E-state index is -0.0956. The second-order valence-corrected chi connectivity index (χ2v) is 8.64. The molecule has 4 aromatic rings. The maximum atomic E-state index is 12.9. The Labute approximate surface area is 177 Å². The molecule has 0 spiro atoms. The van der Waals surface area contributed by atoms with Gasteiger partial charge in [-0.1, -0.05) is 0 Å². The van der Waals surface area contributed by atoms with Crippen molar-refractivity contribution in [2.75, 3.05) is 23.3 Å². The number of aromatic nitrogens is 5. The minimum absolute atomic E-state index is 0.0361. The summed E-state index contributed by atoms with van der Waals surface area (Å²) in [4.78, 5) is 23.6. The summed E-state index contributed by atoms with van der Waals surface area (Å²) >= 11 is 1.66. The molecule has 5 rings (SSSR count). The third kappa shape index (κ3) is 3.76. The van der Waals surface area contributed by atoms with Gasteiger partial charge >= 0.3 is 0 Å². The first-order valence-electron chi connectivity index (χ1n) is 9.91. The lowest BCUT2D eigenvalue weighted by molar-refractivity contribution is -0.120. The van der Waals surface area contributed by atoms with E-state index in [2.05, 4.69) is 30.4 Å². The van der Waals surface area contributed by atoms with Gasteiger partial charge in [-0.15, -0.1) is 21.5 Å². The molecule has 1 saturated heterocycles. The lowest BCUT2D eigenvalue weighted by Gasteiger charge is -2.32. The fourth-order valence-electron chi connectivity index (χ4n) is 3.78. The van der Waals surface area contributed by atoms with E-state index in [4.69, 9.17) is 0 Å². The van der Waals surface area contributed by atoms with Gasteiger partial charge in [0.05, 0.1) is 21.1 Å². The van der Waals surface area contributed by atoms with Gasteiger partial charge in [0.2, 0.25) is 5.91 Å². The average molecular weight is 420 g/mol. The number of nitrogens with zero attached hydrogens (tertiary/aromatic N) is 6. The van der Waals surface area contributed by atoms with E-state index in [1.807, 2.05) is 48.0 Å². The van der Waals surface area contributed by atoms with Crippen LogP contribution in [0.3, 0.4) is 0 Å². The smallest absolute Gasteiger partial charge is 0.229 e. The zero-order valence-electron chi connectivity index (χ0n) is 16.5. The van der Waals surface area contributed by atoms with Crippen LogP contribution >= 0.6 is 11.3 Å². The number of piperidine rings is 1. The topological polar surface area (TPSA) is 88.8 Å². The number of amides is 1. The zero-order valence-corrected chi connectivity index (χ0v) is 17.3. The number of hydrogen-bond acceptors (Lipinski definition) is 7. The largest absolute Gasteiger partial charge is 0.354 e. The van der Waals surface area contributed by atoms with E-state index in [-0.39, 0.29) is 11.8 Å². The van der Waals surface area contributed by atoms with E-state index in [1.165, 1.54) is 0 Å². The van der Waals surface area contributed by atoms with Gasteiger partial charge in [-0.2, -0.15) is 0 Å². The van der Waals surface area contributed by atoms with E-state index in [9.17, 15) is 4.79 Å². The molecule has 9 heteroatoms. The monoisotopic (exact) mass is 419 g/mol. The number of benzene rings is 1. The van der Waals surface area contributed by atoms with Gasteiger partial charge in [0.1, 0.15) is 6.33 Å². The van der Waals surface area contributed by atoms with E-state index in [0.29, 0.717) is 6.54 Å². The van der Waals surface area contributed by atoms with Crippen LogP contribution in [0.2, 0.25) is 0 Å². The van der Waals surface area contributed by atoms with Crippen molar-refractivity contribution in [3.63, 3.8) is 0 Å².